The first-order chi connectivity index (χ1) is 5.81. The van der Waals surface area contributed by atoms with Gasteiger partial charge in [-0.15, -0.1) is 11.3 Å². The van der Waals surface area contributed by atoms with Gasteiger partial charge >= 0.3 is 0 Å². The summed E-state index contributed by atoms with van der Waals surface area (Å²) in [6, 6.07) is 2.01. The topological polar surface area (TPSA) is 52.0 Å². The Hall–Kier alpha value is -0.870. The van der Waals surface area contributed by atoms with Gasteiger partial charge in [0.2, 0.25) is 0 Å². The van der Waals surface area contributed by atoms with Crippen LogP contribution in [0.4, 0.5) is 0 Å². The molecule has 0 spiro atoms. The van der Waals surface area contributed by atoms with Crippen molar-refractivity contribution in [3.8, 4) is 0 Å². The molecule has 2 rings (SSSR count). The molecule has 12 heavy (non-hydrogen) atoms. The summed E-state index contributed by atoms with van der Waals surface area (Å²) >= 11 is 1.71. The van der Waals surface area contributed by atoms with E-state index in [0.717, 1.165) is 22.4 Å². The number of aromatic nitrogens is 1. The third kappa shape index (κ3) is 1.13. The summed E-state index contributed by atoms with van der Waals surface area (Å²) in [4.78, 5) is 1.25. The third-order valence-corrected chi connectivity index (χ3v) is 2.80. The predicted molar refractivity (Wildman–Crippen MR) is 49.4 cm³/mol. The molecule has 0 amide bonds. The molecule has 0 bridgehead atoms. The Balaban J connectivity index is 2.53. The SMILES string of the molecule is Cc1cc2onc(CCN)c2s1. The molecule has 0 saturated heterocycles. The fourth-order valence-electron chi connectivity index (χ4n) is 1.20. The molecule has 64 valence electrons. The smallest absolute Gasteiger partial charge is 0.178 e. The van der Waals surface area contributed by atoms with Gasteiger partial charge in [0.05, 0.1) is 4.70 Å². The van der Waals surface area contributed by atoms with Crippen LogP contribution in [0.15, 0.2) is 10.6 Å². The Morgan fingerprint density at radius 3 is 3.25 bits per heavy atom. The maximum Gasteiger partial charge on any atom is 0.178 e. The molecule has 3 nitrogen and oxygen atoms in total. The largest absolute Gasteiger partial charge is 0.355 e. The van der Waals surface area contributed by atoms with Gasteiger partial charge in [0, 0.05) is 11.3 Å². The van der Waals surface area contributed by atoms with E-state index in [9.17, 15) is 0 Å². The quantitative estimate of drug-likeness (QED) is 0.769. The molecule has 0 aliphatic rings. The van der Waals surface area contributed by atoms with E-state index >= 15 is 0 Å². The van der Waals surface area contributed by atoms with Gasteiger partial charge in [0.15, 0.2) is 5.58 Å². The van der Waals surface area contributed by atoms with Crippen LogP contribution in [0.5, 0.6) is 0 Å². The molecule has 0 aromatic carbocycles. The van der Waals surface area contributed by atoms with Crippen molar-refractivity contribution in [1.29, 1.82) is 0 Å². The first kappa shape index (κ1) is 7.76. The standard InChI is InChI=1S/C8H10N2OS/c1-5-4-7-8(12-5)6(2-3-9)10-11-7/h4H,2-3,9H2,1H3. The first-order valence-corrected chi connectivity index (χ1v) is 4.67. The zero-order chi connectivity index (χ0) is 8.55. The average molecular weight is 182 g/mol. The molecule has 0 atom stereocenters. The van der Waals surface area contributed by atoms with Crippen LogP contribution in [0.1, 0.15) is 10.6 Å². The highest BCUT2D eigenvalue weighted by Gasteiger charge is 2.09. The lowest BCUT2D eigenvalue weighted by Gasteiger charge is -1.86. The van der Waals surface area contributed by atoms with Crippen LogP contribution in [0.3, 0.4) is 0 Å². The molecular formula is C8H10N2OS. The van der Waals surface area contributed by atoms with E-state index in [1.54, 1.807) is 11.3 Å². The lowest BCUT2D eigenvalue weighted by atomic mass is 10.3. The Kier molecular flexibility index (Phi) is 1.86. The zero-order valence-corrected chi connectivity index (χ0v) is 7.65. The lowest BCUT2D eigenvalue weighted by molar-refractivity contribution is 0.446. The summed E-state index contributed by atoms with van der Waals surface area (Å²) in [5.74, 6) is 0. The summed E-state index contributed by atoms with van der Waals surface area (Å²) in [7, 11) is 0. The summed E-state index contributed by atoms with van der Waals surface area (Å²) < 4.78 is 6.28. The minimum absolute atomic E-state index is 0.624. The molecular weight excluding hydrogens is 172 g/mol. The Morgan fingerprint density at radius 2 is 2.50 bits per heavy atom. The number of thiophene rings is 1. The summed E-state index contributed by atoms with van der Waals surface area (Å²) in [5.41, 5.74) is 7.32. The van der Waals surface area contributed by atoms with Crippen LogP contribution >= 0.6 is 11.3 Å². The number of hydrogen-bond donors (Lipinski definition) is 1. The van der Waals surface area contributed by atoms with Gasteiger partial charge < -0.3 is 10.3 Å². The molecule has 0 aliphatic carbocycles. The molecule has 4 heteroatoms. The van der Waals surface area contributed by atoms with Gasteiger partial charge in [-0.05, 0) is 19.5 Å². The third-order valence-electron chi connectivity index (χ3n) is 1.72. The maximum atomic E-state index is 5.44. The second kappa shape index (κ2) is 2.88. The highest BCUT2D eigenvalue weighted by molar-refractivity contribution is 7.19. The van der Waals surface area contributed by atoms with E-state index in [0.29, 0.717) is 6.54 Å². The van der Waals surface area contributed by atoms with Gasteiger partial charge in [-0.2, -0.15) is 0 Å². The molecule has 2 heterocycles. The van der Waals surface area contributed by atoms with Crippen molar-refractivity contribution < 1.29 is 4.52 Å². The second-order valence-corrected chi connectivity index (χ2v) is 3.97. The molecule has 0 unspecified atom stereocenters. The fourth-order valence-corrected chi connectivity index (χ4v) is 2.14. The van der Waals surface area contributed by atoms with Crippen molar-refractivity contribution in [2.24, 2.45) is 5.73 Å². The normalized spacial score (nSPS) is 11.2. The molecule has 0 radical (unpaired) electrons. The van der Waals surface area contributed by atoms with Crippen LogP contribution in [0, 0.1) is 6.92 Å². The van der Waals surface area contributed by atoms with E-state index in [1.807, 2.05) is 6.07 Å². The van der Waals surface area contributed by atoms with Gasteiger partial charge in [-0.1, -0.05) is 5.16 Å². The van der Waals surface area contributed by atoms with Crippen molar-refractivity contribution in [3.05, 3.63) is 16.6 Å². The van der Waals surface area contributed by atoms with Crippen molar-refractivity contribution in [2.75, 3.05) is 6.54 Å². The van der Waals surface area contributed by atoms with E-state index < -0.39 is 0 Å². The fraction of sp³-hybridized carbons (Fsp3) is 0.375. The van der Waals surface area contributed by atoms with Crippen molar-refractivity contribution in [2.45, 2.75) is 13.3 Å². The van der Waals surface area contributed by atoms with Crippen molar-refractivity contribution in [3.63, 3.8) is 0 Å². The van der Waals surface area contributed by atoms with Gasteiger partial charge in [-0.3, -0.25) is 0 Å². The number of hydrogen-bond acceptors (Lipinski definition) is 4. The molecule has 0 fully saturated rings. The highest BCUT2D eigenvalue weighted by Crippen LogP contribution is 2.27. The van der Waals surface area contributed by atoms with Crippen LogP contribution in [0.25, 0.3) is 10.3 Å². The number of nitrogens with two attached hydrogens (primary N) is 1. The van der Waals surface area contributed by atoms with Crippen LogP contribution < -0.4 is 5.73 Å². The van der Waals surface area contributed by atoms with E-state index in [1.165, 1.54) is 4.88 Å². The van der Waals surface area contributed by atoms with Gasteiger partial charge in [-0.25, -0.2) is 0 Å². The van der Waals surface area contributed by atoms with Gasteiger partial charge in [0.1, 0.15) is 5.69 Å². The van der Waals surface area contributed by atoms with Crippen LogP contribution in [-0.2, 0) is 6.42 Å². The monoisotopic (exact) mass is 182 g/mol. The van der Waals surface area contributed by atoms with Crippen LogP contribution in [-0.4, -0.2) is 11.7 Å². The van der Waals surface area contributed by atoms with Crippen molar-refractivity contribution >= 4 is 21.6 Å². The Morgan fingerprint density at radius 1 is 1.67 bits per heavy atom. The number of fused-ring (bicyclic) bond motifs is 1. The molecule has 2 aromatic rings. The Bertz CT molecular complexity index is 391. The zero-order valence-electron chi connectivity index (χ0n) is 6.83. The van der Waals surface area contributed by atoms with Crippen molar-refractivity contribution in [1.82, 2.24) is 5.16 Å². The minimum atomic E-state index is 0.624. The lowest BCUT2D eigenvalue weighted by Crippen LogP contribution is -2.02. The molecule has 0 aliphatic heterocycles. The average Bonchev–Trinajstić information content (AvgIpc) is 2.52. The second-order valence-electron chi connectivity index (χ2n) is 2.72. The first-order valence-electron chi connectivity index (χ1n) is 3.86. The van der Waals surface area contributed by atoms with E-state index in [-0.39, 0.29) is 0 Å². The van der Waals surface area contributed by atoms with Gasteiger partial charge in [0.25, 0.3) is 0 Å². The number of rotatable bonds is 2. The van der Waals surface area contributed by atoms with E-state index in [4.69, 9.17) is 10.3 Å². The molecule has 2 N–H and O–H groups in total. The summed E-state index contributed by atoms with van der Waals surface area (Å²) in [6.07, 6.45) is 0.799. The number of aryl methyl sites for hydroxylation is 1. The maximum absolute atomic E-state index is 5.44. The number of nitrogens with zero attached hydrogens (tertiary/aromatic N) is 1. The summed E-state index contributed by atoms with van der Waals surface area (Å²) in [6.45, 7) is 2.69. The molecule has 2 aromatic heterocycles. The molecule has 0 saturated carbocycles. The highest BCUT2D eigenvalue weighted by atomic mass is 32.1. The predicted octanol–water partition coefficient (Wildman–Crippen LogP) is 1.70. The Labute approximate surface area is 74.2 Å². The minimum Gasteiger partial charge on any atom is -0.355 e. The summed E-state index contributed by atoms with van der Waals surface area (Å²) in [5, 5.41) is 3.94. The van der Waals surface area contributed by atoms with E-state index in [2.05, 4.69) is 12.1 Å². The van der Waals surface area contributed by atoms with Crippen LogP contribution in [0.2, 0.25) is 0 Å².